The topological polar surface area (TPSA) is 67.2 Å². The summed E-state index contributed by atoms with van der Waals surface area (Å²) >= 11 is 0. The summed E-state index contributed by atoms with van der Waals surface area (Å²) in [6.45, 7) is 1.87. The first-order valence-electron chi connectivity index (χ1n) is 8.95. The number of carbonyl (C=O) groups is 1. The summed E-state index contributed by atoms with van der Waals surface area (Å²) in [4.78, 5) is 13.2. The van der Waals surface area contributed by atoms with E-state index in [1.54, 1.807) is 22.9 Å². The molecule has 0 aliphatic heterocycles. The van der Waals surface area contributed by atoms with Crippen molar-refractivity contribution in [2.75, 3.05) is 5.32 Å². The van der Waals surface area contributed by atoms with Crippen LogP contribution in [0.3, 0.4) is 0 Å². The van der Waals surface area contributed by atoms with Gasteiger partial charge in [0.05, 0.1) is 22.6 Å². The zero-order valence-electron chi connectivity index (χ0n) is 15.3. The summed E-state index contributed by atoms with van der Waals surface area (Å²) in [7, 11) is 0. The predicted molar refractivity (Wildman–Crippen MR) is 110 cm³/mol. The highest BCUT2D eigenvalue weighted by Gasteiger charge is 2.23. The Labute approximate surface area is 162 Å². The number of aromatic hydroxyl groups is 1. The summed E-state index contributed by atoms with van der Waals surface area (Å²) in [6.07, 6.45) is 0. The molecule has 0 spiro atoms. The van der Waals surface area contributed by atoms with E-state index in [1.165, 1.54) is 6.07 Å². The molecule has 138 valence electrons. The fraction of sp³-hybridized carbons (Fsp3) is 0.0435. The van der Waals surface area contributed by atoms with E-state index in [2.05, 4.69) is 5.32 Å². The molecule has 4 aromatic rings. The molecule has 1 aromatic heterocycles. The standard InChI is InChI=1S/C23H19N3O2/c1-16-21(23(28)24-19-14-8-9-15-20(19)27)22(17-10-4-2-5-11-17)25-26(16)18-12-6-3-7-13-18/h2-15,27H,1H3,(H,24,28). The number of benzene rings is 3. The second-order valence-electron chi connectivity index (χ2n) is 6.39. The van der Waals surface area contributed by atoms with Gasteiger partial charge in [-0.3, -0.25) is 4.79 Å². The minimum absolute atomic E-state index is 0.0187. The number of phenols is 1. The van der Waals surface area contributed by atoms with Crippen LogP contribution in [0, 0.1) is 6.92 Å². The van der Waals surface area contributed by atoms with E-state index < -0.39 is 0 Å². The predicted octanol–water partition coefficient (Wildman–Crippen LogP) is 4.81. The number of para-hydroxylation sites is 3. The van der Waals surface area contributed by atoms with E-state index in [-0.39, 0.29) is 11.7 Å². The van der Waals surface area contributed by atoms with Crippen molar-refractivity contribution < 1.29 is 9.90 Å². The first-order valence-corrected chi connectivity index (χ1v) is 8.95. The van der Waals surface area contributed by atoms with Gasteiger partial charge in [0, 0.05) is 5.56 Å². The number of phenolic OH excluding ortho intramolecular Hbond substituents is 1. The SMILES string of the molecule is Cc1c(C(=O)Nc2ccccc2O)c(-c2ccccc2)nn1-c1ccccc1. The van der Waals surface area contributed by atoms with Gasteiger partial charge in [-0.15, -0.1) is 0 Å². The Morgan fingerprint density at radius 3 is 2.18 bits per heavy atom. The van der Waals surface area contributed by atoms with Gasteiger partial charge < -0.3 is 10.4 Å². The largest absolute Gasteiger partial charge is 0.506 e. The van der Waals surface area contributed by atoms with Crippen LogP contribution in [-0.4, -0.2) is 20.8 Å². The van der Waals surface area contributed by atoms with Crippen LogP contribution in [0.4, 0.5) is 5.69 Å². The molecule has 5 nitrogen and oxygen atoms in total. The van der Waals surface area contributed by atoms with Crippen LogP contribution in [0.1, 0.15) is 16.1 Å². The van der Waals surface area contributed by atoms with Crippen LogP contribution in [0.5, 0.6) is 5.75 Å². The molecular formula is C23H19N3O2. The summed E-state index contributed by atoms with van der Waals surface area (Å²) in [5.41, 5.74) is 3.87. The molecule has 0 atom stereocenters. The molecular weight excluding hydrogens is 350 g/mol. The van der Waals surface area contributed by atoms with Gasteiger partial charge in [0.25, 0.3) is 5.91 Å². The number of hydrogen-bond acceptors (Lipinski definition) is 3. The van der Waals surface area contributed by atoms with Crippen molar-refractivity contribution in [2.45, 2.75) is 6.92 Å². The number of carbonyl (C=O) groups excluding carboxylic acids is 1. The highest BCUT2D eigenvalue weighted by molar-refractivity contribution is 6.09. The molecule has 28 heavy (non-hydrogen) atoms. The molecule has 0 saturated heterocycles. The lowest BCUT2D eigenvalue weighted by molar-refractivity contribution is 0.102. The minimum Gasteiger partial charge on any atom is -0.506 e. The third-order valence-corrected chi connectivity index (χ3v) is 4.54. The summed E-state index contributed by atoms with van der Waals surface area (Å²) < 4.78 is 1.77. The Hall–Kier alpha value is -3.86. The molecule has 4 rings (SSSR count). The summed E-state index contributed by atoms with van der Waals surface area (Å²) in [5, 5.41) is 17.5. The van der Waals surface area contributed by atoms with Gasteiger partial charge in [0.2, 0.25) is 0 Å². The molecule has 5 heteroatoms. The van der Waals surface area contributed by atoms with Crippen LogP contribution in [0.2, 0.25) is 0 Å². The van der Waals surface area contributed by atoms with Crippen LogP contribution in [0.15, 0.2) is 84.9 Å². The van der Waals surface area contributed by atoms with Crippen LogP contribution < -0.4 is 5.32 Å². The first-order chi connectivity index (χ1) is 13.6. The number of anilines is 1. The second kappa shape index (κ2) is 7.40. The van der Waals surface area contributed by atoms with Gasteiger partial charge in [-0.1, -0.05) is 60.7 Å². The van der Waals surface area contributed by atoms with E-state index in [0.29, 0.717) is 16.9 Å². The molecule has 0 saturated carbocycles. The summed E-state index contributed by atoms with van der Waals surface area (Å²) in [5.74, 6) is -0.301. The number of nitrogens with zero attached hydrogens (tertiary/aromatic N) is 2. The maximum atomic E-state index is 13.2. The van der Waals surface area contributed by atoms with Crippen molar-refractivity contribution in [3.63, 3.8) is 0 Å². The average Bonchev–Trinajstić information content (AvgIpc) is 3.08. The zero-order chi connectivity index (χ0) is 19.5. The smallest absolute Gasteiger partial charge is 0.259 e. The molecule has 0 radical (unpaired) electrons. The van der Waals surface area contributed by atoms with E-state index in [0.717, 1.165) is 16.9 Å². The lowest BCUT2D eigenvalue weighted by atomic mass is 10.1. The van der Waals surface area contributed by atoms with Gasteiger partial charge in [-0.25, -0.2) is 4.68 Å². The van der Waals surface area contributed by atoms with E-state index in [9.17, 15) is 9.90 Å². The van der Waals surface area contributed by atoms with Gasteiger partial charge in [-0.2, -0.15) is 5.10 Å². The van der Waals surface area contributed by atoms with Crippen molar-refractivity contribution in [1.82, 2.24) is 9.78 Å². The zero-order valence-corrected chi connectivity index (χ0v) is 15.3. The fourth-order valence-electron chi connectivity index (χ4n) is 3.16. The monoisotopic (exact) mass is 369 g/mol. The third kappa shape index (κ3) is 3.25. The Kier molecular flexibility index (Phi) is 4.64. The van der Waals surface area contributed by atoms with Crippen LogP contribution in [-0.2, 0) is 0 Å². The van der Waals surface area contributed by atoms with Crippen LogP contribution >= 0.6 is 0 Å². The molecule has 1 heterocycles. The van der Waals surface area contributed by atoms with Crippen molar-refractivity contribution in [3.05, 3.63) is 96.2 Å². The number of hydrogen-bond donors (Lipinski definition) is 2. The van der Waals surface area contributed by atoms with Crippen molar-refractivity contribution in [1.29, 1.82) is 0 Å². The third-order valence-electron chi connectivity index (χ3n) is 4.54. The van der Waals surface area contributed by atoms with Gasteiger partial charge >= 0.3 is 0 Å². The number of nitrogens with one attached hydrogen (secondary N) is 1. The number of rotatable bonds is 4. The van der Waals surface area contributed by atoms with E-state index in [4.69, 9.17) is 5.10 Å². The quantitative estimate of drug-likeness (QED) is 0.508. The van der Waals surface area contributed by atoms with Crippen molar-refractivity contribution in [3.8, 4) is 22.7 Å². The average molecular weight is 369 g/mol. The molecule has 0 bridgehead atoms. The minimum atomic E-state index is -0.319. The number of amides is 1. The number of aromatic nitrogens is 2. The molecule has 2 N–H and O–H groups in total. The van der Waals surface area contributed by atoms with Gasteiger partial charge in [0.1, 0.15) is 11.4 Å². The Bertz CT molecular complexity index is 1120. The Balaban J connectivity index is 1.84. The maximum absolute atomic E-state index is 13.2. The Morgan fingerprint density at radius 1 is 0.893 bits per heavy atom. The van der Waals surface area contributed by atoms with Gasteiger partial charge in [0.15, 0.2) is 0 Å². The first kappa shape index (κ1) is 17.5. The normalized spacial score (nSPS) is 10.6. The second-order valence-corrected chi connectivity index (χ2v) is 6.39. The molecule has 3 aromatic carbocycles. The molecule has 0 aliphatic rings. The van der Waals surface area contributed by atoms with E-state index in [1.807, 2.05) is 67.6 Å². The fourth-order valence-corrected chi connectivity index (χ4v) is 3.16. The maximum Gasteiger partial charge on any atom is 0.259 e. The molecule has 1 amide bonds. The van der Waals surface area contributed by atoms with Gasteiger partial charge in [-0.05, 0) is 31.2 Å². The Morgan fingerprint density at radius 2 is 1.50 bits per heavy atom. The lowest BCUT2D eigenvalue weighted by Gasteiger charge is -2.08. The van der Waals surface area contributed by atoms with Crippen LogP contribution in [0.25, 0.3) is 16.9 Å². The molecule has 0 fully saturated rings. The van der Waals surface area contributed by atoms with Crippen molar-refractivity contribution in [2.24, 2.45) is 0 Å². The highest BCUT2D eigenvalue weighted by atomic mass is 16.3. The highest BCUT2D eigenvalue weighted by Crippen LogP contribution is 2.29. The summed E-state index contributed by atoms with van der Waals surface area (Å²) in [6, 6.07) is 25.9. The molecule has 0 unspecified atom stereocenters. The van der Waals surface area contributed by atoms with Crippen molar-refractivity contribution >= 4 is 11.6 Å². The molecule has 0 aliphatic carbocycles. The lowest BCUT2D eigenvalue weighted by Crippen LogP contribution is -2.14. The van der Waals surface area contributed by atoms with E-state index >= 15 is 0 Å².